The molecule has 94 valence electrons. The third-order valence-electron chi connectivity index (χ3n) is 3.52. The number of anilines is 1. The highest BCUT2D eigenvalue weighted by Crippen LogP contribution is 2.42. The van der Waals surface area contributed by atoms with Gasteiger partial charge in [-0.2, -0.15) is 11.8 Å². The Morgan fingerprint density at radius 2 is 2.24 bits per heavy atom. The molecule has 0 spiro atoms. The van der Waals surface area contributed by atoms with E-state index >= 15 is 0 Å². The minimum absolute atomic E-state index is 0.405. The predicted octanol–water partition coefficient (Wildman–Crippen LogP) is 3.39. The third kappa shape index (κ3) is 2.68. The highest BCUT2D eigenvalue weighted by atomic mass is 35.5. The topological polar surface area (TPSA) is 37.8 Å². The quantitative estimate of drug-likeness (QED) is 0.833. The number of nitrogens with one attached hydrogen (secondary N) is 1. The number of thioether (sulfide) groups is 1. The molecule has 1 saturated carbocycles. The predicted molar refractivity (Wildman–Crippen MR) is 75.0 cm³/mol. The standard InChI is InChI=1S/C12H18ClN3S/c1-3-9-10(13)15-8-16-11(9)14-7-12(17-2)5-4-6-12/h8H,3-7H2,1-2H3,(H,14,15,16). The lowest BCUT2D eigenvalue weighted by Gasteiger charge is -2.40. The van der Waals surface area contributed by atoms with E-state index in [1.807, 2.05) is 11.8 Å². The molecule has 0 unspecified atom stereocenters. The summed E-state index contributed by atoms with van der Waals surface area (Å²) in [4.78, 5) is 8.31. The van der Waals surface area contributed by atoms with E-state index in [0.29, 0.717) is 9.90 Å². The zero-order valence-electron chi connectivity index (χ0n) is 10.3. The van der Waals surface area contributed by atoms with Gasteiger partial charge in [-0.1, -0.05) is 24.9 Å². The van der Waals surface area contributed by atoms with Crippen molar-refractivity contribution in [2.24, 2.45) is 0 Å². The fourth-order valence-corrected chi connectivity index (χ4v) is 3.31. The minimum Gasteiger partial charge on any atom is -0.368 e. The smallest absolute Gasteiger partial charge is 0.137 e. The molecule has 0 aliphatic heterocycles. The van der Waals surface area contributed by atoms with Crippen molar-refractivity contribution >= 4 is 29.2 Å². The Morgan fingerprint density at radius 3 is 2.76 bits per heavy atom. The lowest BCUT2D eigenvalue weighted by atomic mass is 9.84. The van der Waals surface area contributed by atoms with Crippen LogP contribution in [0.25, 0.3) is 0 Å². The van der Waals surface area contributed by atoms with Gasteiger partial charge in [0.05, 0.1) is 0 Å². The van der Waals surface area contributed by atoms with Crippen LogP contribution < -0.4 is 5.32 Å². The van der Waals surface area contributed by atoms with Crippen LogP contribution in [0.3, 0.4) is 0 Å². The maximum atomic E-state index is 6.06. The summed E-state index contributed by atoms with van der Waals surface area (Å²) in [5.74, 6) is 0.896. The normalized spacial score (nSPS) is 17.6. The van der Waals surface area contributed by atoms with Crippen molar-refractivity contribution < 1.29 is 0 Å². The fraction of sp³-hybridized carbons (Fsp3) is 0.667. The number of rotatable bonds is 5. The van der Waals surface area contributed by atoms with Gasteiger partial charge < -0.3 is 5.32 Å². The number of aromatic nitrogens is 2. The molecule has 1 aromatic rings. The highest BCUT2D eigenvalue weighted by Gasteiger charge is 2.36. The number of halogens is 1. The van der Waals surface area contributed by atoms with Gasteiger partial charge in [0.25, 0.3) is 0 Å². The Hall–Kier alpha value is -0.480. The first kappa shape index (κ1) is 13.0. The van der Waals surface area contributed by atoms with E-state index in [4.69, 9.17) is 11.6 Å². The van der Waals surface area contributed by atoms with Crippen LogP contribution in [0.1, 0.15) is 31.7 Å². The first-order chi connectivity index (χ1) is 8.21. The van der Waals surface area contributed by atoms with Crippen LogP contribution in [0.4, 0.5) is 5.82 Å². The van der Waals surface area contributed by atoms with E-state index in [-0.39, 0.29) is 0 Å². The second-order valence-electron chi connectivity index (χ2n) is 4.44. The molecule has 0 atom stereocenters. The van der Waals surface area contributed by atoms with Gasteiger partial charge in [0, 0.05) is 16.9 Å². The van der Waals surface area contributed by atoms with Gasteiger partial charge >= 0.3 is 0 Å². The largest absolute Gasteiger partial charge is 0.368 e. The van der Waals surface area contributed by atoms with Crippen LogP contribution in [-0.4, -0.2) is 27.5 Å². The molecular weight excluding hydrogens is 254 g/mol. The maximum Gasteiger partial charge on any atom is 0.137 e. The van der Waals surface area contributed by atoms with Crippen molar-refractivity contribution in [3.05, 3.63) is 17.0 Å². The highest BCUT2D eigenvalue weighted by molar-refractivity contribution is 8.00. The third-order valence-corrected chi connectivity index (χ3v) is 5.27. The lowest BCUT2D eigenvalue weighted by molar-refractivity contribution is 0.379. The Kier molecular flexibility index (Phi) is 4.15. The minimum atomic E-state index is 0.405. The molecule has 1 aromatic heterocycles. The SMILES string of the molecule is CCc1c(Cl)ncnc1NCC1(SC)CCC1. The number of nitrogens with zero attached hydrogens (tertiary/aromatic N) is 2. The van der Waals surface area contributed by atoms with E-state index in [1.165, 1.54) is 25.6 Å². The van der Waals surface area contributed by atoms with Crippen LogP contribution in [0.15, 0.2) is 6.33 Å². The average molecular weight is 272 g/mol. The van der Waals surface area contributed by atoms with Crippen molar-refractivity contribution in [1.29, 1.82) is 0 Å². The van der Waals surface area contributed by atoms with Gasteiger partial charge in [0.15, 0.2) is 0 Å². The van der Waals surface area contributed by atoms with Gasteiger partial charge in [0.2, 0.25) is 0 Å². The van der Waals surface area contributed by atoms with Gasteiger partial charge in [-0.05, 0) is 25.5 Å². The van der Waals surface area contributed by atoms with Crippen molar-refractivity contribution in [3.8, 4) is 0 Å². The molecule has 3 nitrogen and oxygen atoms in total. The van der Waals surface area contributed by atoms with E-state index in [2.05, 4.69) is 28.5 Å². The average Bonchev–Trinajstić information content (AvgIpc) is 2.28. The summed E-state index contributed by atoms with van der Waals surface area (Å²) in [7, 11) is 0. The van der Waals surface area contributed by atoms with Crippen molar-refractivity contribution in [2.45, 2.75) is 37.4 Å². The number of hydrogen-bond acceptors (Lipinski definition) is 4. The summed E-state index contributed by atoms with van der Waals surface area (Å²) in [5.41, 5.74) is 1.02. The second kappa shape index (κ2) is 5.44. The molecule has 0 bridgehead atoms. The van der Waals surface area contributed by atoms with Crippen LogP contribution in [0.2, 0.25) is 5.15 Å². The summed E-state index contributed by atoms with van der Waals surface area (Å²) >= 11 is 8.02. The van der Waals surface area contributed by atoms with Crippen molar-refractivity contribution in [1.82, 2.24) is 9.97 Å². The van der Waals surface area contributed by atoms with Crippen LogP contribution in [0, 0.1) is 0 Å². The van der Waals surface area contributed by atoms with Crippen molar-refractivity contribution in [3.63, 3.8) is 0 Å². The monoisotopic (exact) mass is 271 g/mol. The van der Waals surface area contributed by atoms with Gasteiger partial charge in [-0.15, -0.1) is 0 Å². The summed E-state index contributed by atoms with van der Waals surface area (Å²) in [6.45, 7) is 3.04. The summed E-state index contributed by atoms with van der Waals surface area (Å²) in [5, 5.41) is 4.01. The van der Waals surface area contributed by atoms with E-state index in [1.54, 1.807) is 0 Å². The Morgan fingerprint density at radius 1 is 1.47 bits per heavy atom. The molecule has 0 aromatic carbocycles. The summed E-state index contributed by atoms with van der Waals surface area (Å²) < 4.78 is 0.405. The van der Waals surface area contributed by atoms with Crippen LogP contribution in [-0.2, 0) is 6.42 Å². The summed E-state index contributed by atoms with van der Waals surface area (Å²) in [6, 6.07) is 0. The molecule has 0 amide bonds. The van der Waals surface area contributed by atoms with Crippen LogP contribution >= 0.6 is 23.4 Å². The molecule has 5 heteroatoms. The molecular formula is C12H18ClN3S. The van der Waals surface area contributed by atoms with Crippen LogP contribution in [0.5, 0.6) is 0 Å². The van der Waals surface area contributed by atoms with Gasteiger partial charge in [0.1, 0.15) is 17.3 Å². The maximum absolute atomic E-state index is 6.06. The van der Waals surface area contributed by atoms with Crippen molar-refractivity contribution in [2.75, 3.05) is 18.1 Å². The molecule has 17 heavy (non-hydrogen) atoms. The molecule has 1 aliphatic rings. The first-order valence-corrected chi connectivity index (χ1v) is 7.59. The van der Waals surface area contributed by atoms with E-state index < -0.39 is 0 Å². The Bertz CT molecular complexity index is 388. The zero-order valence-corrected chi connectivity index (χ0v) is 11.9. The first-order valence-electron chi connectivity index (χ1n) is 5.99. The molecule has 1 heterocycles. The van der Waals surface area contributed by atoms with E-state index in [0.717, 1.165) is 24.3 Å². The molecule has 1 N–H and O–H groups in total. The van der Waals surface area contributed by atoms with E-state index in [9.17, 15) is 0 Å². The number of hydrogen-bond donors (Lipinski definition) is 1. The Balaban J connectivity index is 2.06. The van der Waals surface area contributed by atoms with Gasteiger partial charge in [-0.3, -0.25) is 0 Å². The molecule has 1 fully saturated rings. The Labute approximate surface area is 112 Å². The van der Waals surface area contributed by atoms with Gasteiger partial charge in [-0.25, -0.2) is 9.97 Å². The zero-order chi connectivity index (χ0) is 12.3. The molecule has 0 radical (unpaired) electrons. The summed E-state index contributed by atoms with van der Waals surface area (Å²) in [6.07, 6.45) is 8.50. The molecule has 2 rings (SSSR count). The lowest BCUT2D eigenvalue weighted by Crippen LogP contribution is -2.40. The second-order valence-corrected chi connectivity index (χ2v) is 6.07. The fourth-order valence-electron chi connectivity index (χ4n) is 2.13. The molecule has 0 saturated heterocycles. The molecule has 1 aliphatic carbocycles.